The van der Waals surface area contributed by atoms with Crippen LogP contribution in [0.5, 0.6) is 0 Å². The summed E-state index contributed by atoms with van der Waals surface area (Å²) in [7, 11) is 1.81. The van der Waals surface area contributed by atoms with E-state index >= 15 is 0 Å². The molecule has 1 aliphatic rings. The number of nitrogens with two attached hydrogens (primary N) is 1. The van der Waals surface area contributed by atoms with Crippen LogP contribution in [0.4, 0.5) is 5.82 Å². The van der Waals surface area contributed by atoms with Gasteiger partial charge in [0.15, 0.2) is 5.82 Å². The van der Waals surface area contributed by atoms with Gasteiger partial charge in [-0.15, -0.1) is 0 Å². The molecule has 1 atom stereocenters. The molecule has 2 N–H and O–H groups in total. The average Bonchev–Trinajstić information content (AvgIpc) is 3.00. The summed E-state index contributed by atoms with van der Waals surface area (Å²) in [6.07, 6.45) is 6.68. The molecule has 7 heteroatoms. The molecule has 2 aromatic rings. The highest BCUT2D eigenvalue weighted by atomic mass is 16.1. The quantitative estimate of drug-likeness (QED) is 0.850. The van der Waals surface area contributed by atoms with Crippen LogP contribution in [0.15, 0.2) is 30.7 Å². The molecule has 3 heterocycles. The number of amides is 1. The lowest BCUT2D eigenvalue weighted by Crippen LogP contribution is -2.40. The number of primary amides is 1. The Morgan fingerprint density at radius 1 is 1.30 bits per heavy atom. The first kappa shape index (κ1) is 15.2. The predicted molar refractivity (Wildman–Crippen MR) is 85.2 cm³/mol. The second-order valence-corrected chi connectivity index (χ2v) is 5.75. The predicted octanol–water partition coefficient (Wildman–Crippen LogP) is 1.01. The first-order valence-electron chi connectivity index (χ1n) is 7.59. The van der Waals surface area contributed by atoms with E-state index in [1.54, 1.807) is 35.3 Å². The Labute approximate surface area is 134 Å². The average molecular weight is 313 g/mol. The number of aryl methyl sites for hydroxylation is 1. The minimum absolute atomic E-state index is 0.0266. The van der Waals surface area contributed by atoms with Crippen LogP contribution in [0.1, 0.15) is 33.8 Å². The van der Waals surface area contributed by atoms with Gasteiger partial charge >= 0.3 is 0 Å². The highest BCUT2D eigenvalue weighted by Crippen LogP contribution is 2.26. The van der Waals surface area contributed by atoms with Crippen molar-refractivity contribution in [1.29, 1.82) is 0 Å². The van der Waals surface area contributed by atoms with E-state index < -0.39 is 5.91 Å². The van der Waals surface area contributed by atoms with E-state index in [1.807, 2.05) is 11.9 Å². The van der Waals surface area contributed by atoms with Gasteiger partial charge in [0.2, 0.25) is 5.78 Å². The van der Waals surface area contributed by atoms with Crippen LogP contribution in [-0.2, 0) is 7.05 Å². The molecule has 0 aliphatic carbocycles. The SMILES string of the molecule is Cn1ccnc1C(=O)C1CCCN(c2ncccc2C(N)=O)C1. The highest BCUT2D eigenvalue weighted by Gasteiger charge is 2.30. The zero-order valence-corrected chi connectivity index (χ0v) is 13.0. The fourth-order valence-corrected chi connectivity index (χ4v) is 3.01. The van der Waals surface area contributed by atoms with Gasteiger partial charge in [0.25, 0.3) is 5.91 Å². The van der Waals surface area contributed by atoms with E-state index in [1.165, 1.54) is 0 Å². The molecule has 1 unspecified atom stereocenters. The normalized spacial score (nSPS) is 18.0. The second kappa shape index (κ2) is 6.20. The van der Waals surface area contributed by atoms with Gasteiger partial charge in [0.1, 0.15) is 5.82 Å². The van der Waals surface area contributed by atoms with Crippen molar-refractivity contribution < 1.29 is 9.59 Å². The summed E-state index contributed by atoms with van der Waals surface area (Å²) in [5.41, 5.74) is 5.81. The summed E-state index contributed by atoms with van der Waals surface area (Å²) in [4.78, 5) is 34.6. The molecule has 1 amide bonds. The molecule has 1 aliphatic heterocycles. The molecule has 0 radical (unpaired) electrons. The summed E-state index contributed by atoms with van der Waals surface area (Å²) in [6, 6.07) is 3.35. The van der Waals surface area contributed by atoms with Crippen molar-refractivity contribution in [2.45, 2.75) is 12.8 Å². The Balaban J connectivity index is 1.83. The zero-order valence-electron chi connectivity index (χ0n) is 13.0. The number of ketones is 1. The maximum Gasteiger partial charge on any atom is 0.252 e. The number of carbonyl (C=O) groups excluding carboxylic acids is 2. The third kappa shape index (κ3) is 2.94. The summed E-state index contributed by atoms with van der Waals surface area (Å²) >= 11 is 0. The molecule has 0 saturated carbocycles. The Hall–Kier alpha value is -2.70. The van der Waals surface area contributed by atoms with E-state index in [0.717, 1.165) is 19.4 Å². The lowest BCUT2D eigenvalue weighted by atomic mass is 9.93. The maximum absolute atomic E-state index is 12.7. The van der Waals surface area contributed by atoms with Crippen molar-refractivity contribution in [2.75, 3.05) is 18.0 Å². The van der Waals surface area contributed by atoms with Gasteiger partial charge in [0, 0.05) is 44.6 Å². The summed E-state index contributed by atoms with van der Waals surface area (Å²) in [5.74, 6) is 0.377. The van der Waals surface area contributed by atoms with Crippen molar-refractivity contribution in [2.24, 2.45) is 18.7 Å². The van der Waals surface area contributed by atoms with Crippen molar-refractivity contribution in [3.8, 4) is 0 Å². The molecule has 23 heavy (non-hydrogen) atoms. The van der Waals surface area contributed by atoms with Crippen LogP contribution in [-0.4, -0.2) is 39.3 Å². The molecule has 2 aromatic heterocycles. The smallest absolute Gasteiger partial charge is 0.252 e. The van der Waals surface area contributed by atoms with Crippen molar-refractivity contribution in [3.05, 3.63) is 42.1 Å². The molecule has 1 fully saturated rings. The van der Waals surface area contributed by atoms with Gasteiger partial charge in [0.05, 0.1) is 5.56 Å². The molecule has 3 rings (SSSR count). The van der Waals surface area contributed by atoms with E-state index in [9.17, 15) is 9.59 Å². The molecule has 0 spiro atoms. The first-order chi connectivity index (χ1) is 11.1. The molecular formula is C16H19N5O2. The van der Waals surface area contributed by atoms with Crippen LogP contribution in [0, 0.1) is 5.92 Å². The number of hydrogen-bond donors (Lipinski definition) is 1. The lowest BCUT2D eigenvalue weighted by Gasteiger charge is -2.33. The maximum atomic E-state index is 12.7. The minimum atomic E-state index is -0.509. The number of hydrogen-bond acceptors (Lipinski definition) is 5. The van der Waals surface area contributed by atoms with Crippen LogP contribution >= 0.6 is 0 Å². The van der Waals surface area contributed by atoms with Gasteiger partial charge in [-0.2, -0.15) is 0 Å². The Kier molecular flexibility index (Phi) is 4.10. The molecule has 0 bridgehead atoms. The Morgan fingerprint density at radius 3 is 2.83 bits per heavy atom. The Morgan fingerprint density at radius 2 is 2.13 bits per heavy atom. The van der Waals surface area contributed by atoms with Gasteiger partial charge in [-0.3, -0.25) is 9.59 Å². The third-order valence-corrected chi connectivity index (χ3v) is 4.19. The zero-order chi connectivity index (χ0) is 16.4. The molecule has 7 nitrogen and oxygen atoms in total. The number of Topliss-reactive ketones (excluding diaryl/α,β-unsaturated/α-hetero) is 1. The lowest BCUT2D eigenvalue weighted by molar-refractivity contribution is 0.0893. The number of imidazole rings is 1. The van der Waals surface area contributed by atoms with Crippen LogP contribution in [0.25, 0.3) is 0 Å². The van der Waals surface area contributed by atoms with E-state index in [4.69, 9.17) is 5.73 Å². The van der Waals surface area contributed by atoms with Crippen LogP contribution in [0.2, 0.25) is 0 Å². The number of carbonyl (C=O) groups is 2. The monoisotopic (exact) mass is 313 g/mol. The van der Waals surface area contributed by atoms with Gasteiger partial charge in [-0.1, -0.05) is 0 Å². The number of nitrogens with zero attached hydrogens (tertiary/aromatic N) is 4. The fraction of sp³-hybridized carbons (Fsp3) is 0.375. The van der Waals surface area contributed by atoms with Crippen molar-refractivity contribution in [1.82, 2.24) is 14.5 Å². The largest absolute Gasteiger partial charge is 0.365 e. The number of piperidine rings is 1. The third-order valence-electron chi connectivity index (χ3n) is 4.19. The van der Waals surface area contributed by atoms with E-state index in [-0.39, 0.29) is 11.7 Å². The Bertz CT molecular complexity index is 740. The summed E-state index contributed by atoms with van der Waals surface area (Å²) in [5, 5.41) is 0. The van der Waals surface area contributed by atoms with Crippen LogP contribution in [0.3, 0.4) is 0 Å². The van der Waals surface area contributed by atoms with Crippen molar-refractivity contribution >= 4 is 17.5 Å². The van der Waals surface area contributed by atoms with Crippen molar-refractivity contribution in [3.63, 3.8) is 0 Å². The highest BCUT2D eigenvalue weighted by molar-refractivity contribution is 5.98. The number of anilines is 1. The van der Waals surface area contributed by atoms with Gasteiger partial charge in [-0.05, 0) is 25.0 Å². The molecular weight excluding hydrogens is 294 g/mol. The first-order valence-corrected chi connectivity index (χ1v) is 7.59. The number of aromatic nitrogens is 3. The van der Waals surface area contributed by atoms with E-state index in [2.05, 4.69) is 9.97 Å². The minimum Gasteiger partial charge on any atom is -0.365 e. The second-order valence-electron chi connectivity index (χ2n) is 5.75. The molecule has 120 valence electrons. The van der Waals surface area contributed by atoms with Gasteiger partial charge in [-0.25, -0.2) is 9.97 Å². The molecule has 0 aromatic carbocycles. The standard InChI is InChI=1S/C16H19N5O2/c1-20-9-7-19-16(20)13(22)11-4-3-8-21(10-11)15-12(14(17)23)5-2-6-18-15/h2,5-7,9,11H,3-4,8,10H2,1H3,(H2,17,23). The summed E-state index contributed by atoms with van der Waals surface area (Å²) < 4.78 is 1.73. The fourth-order valence-electron chi connectivity index (χ4n) is 3.01. The topological polar surface area (TPSA) is 94.1 Å². The summed E-state index contributed by atoms with van der Waals surface area (Å²) in [6.45, 7) is 1.27. The van der Waals surface area contributed by atoms with Crippen LogP contribution < -0.4 is 10.6 Å². The number of pyridine rings is 1. The number of rotatable bonds is 4. The van der Waals surface area contributed by atoms with E-state index in [0.29, 0.717) is 23.8 Å². The molecule has 1 saturated heterocycles. The van der Waals surface area contributed by atoms with Gasteiger partial charge < -0.3 is 15.2 Å².